The summed E-state index contributed by atoms with van der Waals surface area (Å²) in [5.41, 5.74) is 5.32. The van der Waals surface area contributed by atoms with Gasteiger partial charge in [-0.25, -0.2) is 4.57 Å². The predicted octanol–water partition coefficient (Wildman–Crippen LogP) is -2.35. The average Bonchev–Trinajstić information content (AvgIpc) is 2.72. The zero-order valence-electron chi connectivity index (χ0n) is 13.9. The van der Waals surface area contributed by atoms with Crippen LogP contribution in [-0.4, -0.2) is 88.6 Å². The Morgan fingerprint density at radius 1 is 1.43 bits per heavy atom. The Morgan fingerprint density at radius 2 is 2.09 bits per heavy atom. The molecule has 2 rings (SSSR count). The van der Waals surface area contributed by atoms with Crippen LogP contribution in [0, 0.1) is 0 Å². The second-order valence-corrected chi connectivity index (χ2v) is 5.98. The van der Waals surface area contributed by atoms with Crippen LogP contribution in [0.5, 0.6) is 0 Å². The molecule has 1 amide bonds. The summed E-state index contributed by atoms with van der Waals surface area (Å²) in [5.74, 6) is -0.677. The van der Waals surface area contributed by atoms with Gasteiger partial charge in [-0.1, -0.05) is 0 Å². The Hall–Kier alpha value is -0.130. The molecule has 1 aromatic rings. The Labute approximate surface area is 164 Å². The van der Waals surface area contributed by atoms with Gasteiger partial charge in [-0.15, -0.1) is 0 Å². The molecule has 0 bridgehead atoms. The number of phosphoric acid groups is 1. The van der Waals surface area contributed by atoms with Crippen LogP contribution < -0.4 is 10.3 Å². The molecule has 0 saturated carbocycles. The number of hydrogen-bond acceptors (Lipinski definition) is 6. The first-order chi connectivity index (χ1) is 10.2. The zero-order valence-corrected chi connectivity index (χ0v) is 15.0. The topological polar surface area (TPSA) is 163 Å². The molecule has 126 valence electrons. The van der Waals surface area contributed by atoms with Crippen LogP contribution in [0.25, 0.3) is 0 Å². The van der Waals surface area contributed by atoms with Gasteiger partial charge in [0.15, 0.2) is 18.5 Å². The van der Waals surface area contributed by atoms with Gasteiger partial charge >= 0.3 is 45.6 Å². The molecule has 0 radical (unpaired) electrons. The minimum atomic E-state index is -4.72. The van der Waals surface area contributed by atoms with Crippen molar-refractivity contribution >= 4 is 51.5 Å². The maximum absolute atomic E-state index is 11.1. The quantitative estimate of drug-likeness (QED) is 0.216. The Kier molecular flexibility index (Phi) is 7.55. The molecule has 2 heterocycles. The summed E-state index contributed by atoms with van der Waals surface area (Å²) in [6.45, 7) is -0.602. The predicted molar refractivity (Wildman–Crippen MR) is 77.1 cm³/mol. The van der Waals surface area contributed by atoms with E-state index in [0.717, 1.165) is 0 Å². The van der Waals surface area contributed by atoms with Gasteiger partial charge in [-0.3, -0.25) is 9.32 Å². The third kappa shape index (κ3) is 5.43. The molecule has 4 atom stereocenters. The minimum absolute atomic E-state index is 0. The van der Waals surface area contributed by atoms with Crippen molar-refractivity contribution in [3.05, 3.63) is 30.1 Å². The molecular formula is C11H18CaN2O8P+. The monoisotopic (exact) mass is 377 g/mol. The molecule has 0 aromatic carbocycles. The van der Waals surface area contributed by atoms with E-state index < -0.39 is 44.9 Å². The van der Waals surface area contributed by atoms with E-state index >= 15 is 0 Å². The van der Waals surface area contributed by atoms with E-state index in [1.165, 1.54) is 29.1 Å². The SMILES string of the molecule is NC(=O)c1ccc[n+]([C@@H]2O[C@H](COP(=O)(O)O)[C@H](O)[C@H]2O)c1.[Ca+2].[H-].[H-]. The van der Waals surface area contributed by atoms with Crippen molar-refractivity contribution in [3.8, 4) is 0 Å². The van der Waals surface area contributed by atoms with Crippen molar-refractivity contribution in [2.45, 2.75) is 24.5 Å². The van der Waals surface area contributed by atoms with Crippen molar-refractivity contribution in [1.29, 1.82) is 0 Å². The van der Waals surface area contributed by atoms with E-state index in [1.54, 1.807) is 0 Å². The van der Waals surface area contributed by atoms with Gasteiger partial charge in [0.05, 0.1) is 6.61 Å². The largest absolute Gasteiger partial charge is 2.00 e. The first kappa shape index (κ1) is 20.9. The standard InChI is InChI=1S/C11H15N2O8P.Ca.2H/c12-10(16)6-2-1-3-13(4-6)11-9(15)8(14)7(21-11)5-20-22(17,18)19;;;/h1-4,7-9,11,14-15H,5H2,(H3-,12,16,17,18,19);;;/q;+2;2*-1/p+1/t7-,8+,9-,11-;;;/m1.../s1. The van der Waals surface area contributed by atoms with Crippen molar-refractivity contribution < 1.29 is 46.0 Å². The third-order valence-corrected chi connectivity index (χ3v) is 3.63. The van der Waals surface area contributed by atoms with Crippen molar-refractivity contribution in [1.82, 2.24) is 0 Å². The second kappa shape index (κ2) is 8.30. The van der Waals surface area contributed by atoms with E-state index in [1.807, 2.05) is 0 Å². The van der Waals surface area contributed by atoms with Crippen LogP contribution in [0.1, 0.15) is 19.4 Å². The van der Waals surface area contributed by atoms with Gasteiger partial charge in [-0.05, 0) is 6.07 Å². The smallest absolute Gasteiger partial charge is 1.00 e. The summed E-state index contributed by atoms with van der Waals surface area (Å²) >= 11 is 0. The Balaban J connectivity index is 0. The van der Waals surface area contributed by atoms with E-state index in [0.29, 0.717) is 0 Å². The zero-order chi connectivity index (χ0) is 16.5. The number of amides is 1. The maximum atomic E-state index is 11.1. The summed E-state index contributed by atoms with van der Waals surface area (Å²) in [4.78, 5) is 28.4. The number of phosphoric ester groups is 1. The number of ether oxygens (including phenoxy) is 1. The molecule has 23 heavy (non-hydrogen) atoms. The number of carbonyl (C=O) groups is 1. The fourth-order valence-electron chi connectivity index (χ4n) is 2.08. The van der Waals surface area contributed by atoms with Gasteiger partial charge in [0.2, 0.25) is 0 Å². The molecule has 0 unspecified atom stereocenters. The van der Waals surface area contributed by atoms with Crippen LogP contribution in [0.4, 0.5) is 0 Å². The van der Waals surface area contributed by atoms with Gasteiger partial charge in [-0.2, -0.15) is 4.57 Å². The number of pyridine rings is 1. The number of aromatic nitrogens is 1. The normalized spacial score (nSPS) is 27.5. The number of carbonyl (C=O) groups excluding carboxylic acids is 1. The average molecular weight is 377 g/mol. The van der Waals surface area contributed by atoms with Crippen LogP contribution >= 0.6 is 7.82 Å². The first-order valence-corrected chi connectivity index (χ1v) is 7.74. The summed E-state index contributed by atoms with van der Waals surface area (Å²) < 4.78 is 21.6. The molecule has 0 spiro atoms. The Bertz CT molecular complexity index is 621. The summed E-state index contributed by atoms with van der Waals surface area (Å²) in [7, 11) is -4.72. The summed E-state index contributed by atoms with van der Waals surface area (Å²) in [5, 5.41) is 19.8. The van der Waals surface area contributed by atoms with E-state index in [-0.39, 0.29) is 46.2 Å². The molecule has 12 heteroatoms. The number of nitrogens with two attached hydrogens (primary N) is 1. The number of aliphatic hydroxyl groups is 2. The fraction of sp³-hybridized carbons (Fsp3) is 0.455. The molecule has 1 saturated heterocycles. The van der Waals surface area contributed by atoms with Crippen molar-refractivity contribution in [2.75, 3.05) is 6.61 Å². The third-order valence-electron chi connectivity index (χ3n) is 3.14. The van der Waals surface area contributed by atoms with Gasteiger partial charge in [0.25, 0.3) is 12.1 Å². The number of nitrogens with zero attached hydrogens (tertiary/aromatic N) is 1. The minimum Gasteiger partial charge on any atom is -1.00 e. The van der Waals surface area contributed by atoms with Crippen LogP contribution in [0.2, 0.25) is 0 Å². The molecule has 1 aliphatic rings. The van der Waals surface area contributed by atoms with E-state index in [2.05, 4.69) is 4.52 Å². The van der Waals surface area contributed by atoms with Crippen molar-refractivity contribution in [2.24, 2.45) is 5.73 Å². The van der Waals surface area contributed by atoms with Crippen LogP contribution in [0.15, 0.2) is 24.5 Å². The van der Waals surface area contributed by atoms with E-state index in [9.17, 15) is 19.6 Å². The molecular weight excluding hydrogens is 359 g/mol. The molecule has 6 N–H and O–H groups in total. The van der Waals surface area contributed by atoms with Gasteiger partial charge in [0, 0.05) is 6.07 Å². The molecule has 1 fully saturated rings. The van der Waals surface area contributed by atoms with Gasteiger partial charge in [0.1, 0.15) is 17.8 Å². The number of primary amides is 1. The Morgan fingerprint density at radius 3 is 2.65 bits per heavy atom. The maximum Gasteiger partial charge on any atom is 2.00 e. The van der Waals surface area contributed by atoms with Crippen LogP contribution in [-0.2, 0) is 13.8 Å². The molecule has 0 aliphatic carbocycles. The molecule has 10 nitrogen and oxygen atoms in total. The van der Waals surface area contributed by atoms with E-state index in [4.69, 9.17) is 20.3 Å². The van der Waals surface area contributed by atoms with Gasteiger partial charge < -0.3 is 33.3 Å². The number of hydrogen-bond donors (Lipinski definition) is 5. The second-order valence-electron chi connectivity index (χ2n) is 4.74. The first-order valence-electron chi connectivity index (χ1n) is 6.21. The molecule has 1 aliphatic heterocycles. The van der Waals surface area contributed by atoms with Crippen LogP contribution in [0.3, 0.4) is 0 Å². The summed E-state index contributed by atoms with van der Waals surface area (Å²) in [6.07, 6.45) is -2.18. The fourth-order valence-corrected chi connectivity index (χ4v) is 2.42. The number of rotatable bonds is 5. The summed E-state index contributed by atoms with van der Waals surface area (Å²) in [6, 6.07) is 2.97. The number of aliphatic hydroxyl groups excluding tert-OH is 2. The van der Waals surface area contributed by atoms with Crippen molar-refractivity contribution in [3.63, 3.8) is 0 Å². The molecule has 1 aromatic heterocycles.